The van der Waals surface area contributed by atoms with Gasteiger partial charge < -0.3 is 0 Å². The van der Waals surface area contributed by atoms with E-state index in [1.165, 1.54) is 83.5 Å². The van der Waals surface area contributed by atoms with Crippen molar-refractivity contribution in [2.75, 3.05) is 0 Å². The first-order valence-corrected chi connectivity index (χ1v) is 9.20. The average Bonchev–Trinajstić information content (AvgIpc) is 2.39. The Labute approximate surface area is 123 Å². The Hall–Kier alpha value is 0. The molecule has 0 heteroatoms. The molecule has 0 amide bonds. The van der Waals surface area contributed by atoms with Gasteiger partial charge >= 0.3 is 0 Å². The Kier molecular flexibility index (Phi) is 14.4. The SMILES string of the molecule is CCCCCC(C)CCCCCC(C)CCCCC. The number of rotatable bonds is 14. The monoisotopic (exact) mass is 268 g/mol. The van der Waals surface area contributed by atoms with Gasteiger partial charge in [-0.3, -0.25) is 0 Å². The van der Waals surface area contributed by atoms with Gasteiger partial charge in [-0.1, -0.05) is 111 Å². The summed E-state index contributed by atoms with van der Waals surface area (Å²) in [5.41, 5.74) is 0. The Morgan fingerprint density at radius 3 is 1.11 bits per heavy atom. The molecule has 0 saturated heterocycles. The van der Waals surface area contributed by atoms with E-state index in [-0.39, 0.29) is 0 Å². The van der Waals surface area contributed by atoms with Crippen molar-refractivity contribution in [1.29, 1.82) is 0 Å². The summed E-state index contributed by atoms with van der Waals surface area (Å²) >= 11 is 0. The van der Waals surface area contributed by atoms with E-state index in [9.17, 15) is 0 Å². The molecule has 0 nitrogen and oxygen atoms in total. The summed E-state index contributed by atoms with van der Waals surface area (Å²) in [4.78, 5) is 0. The maximum absolute atomic E-state index is 2.45. The van der Waals surface area contributed by atoms with Crippen LogP contribution < -0.4 is 0 Å². The number of hydrogen-bond acceptors (Lipinski definition) is 0. The quantitative estimate of drug-likeness (QED) is 0.288. The van der Waals surface area contributed by atoms with E-state index in [1.54, 1.807) is 0 Å². The van der Waals surface area contributed by atoms with E-state index < -0.39 is 0 Å². The van der Waals surface area contributed by atoms with Crippen molar-refractivity contribution >= 4 is 0 Å². The zero-order valence-electron chi connectivity index (χ0n) is 14.3. The fourth-order valence-electron chi connectivity index (χ4n) is 2.94. The van der Waals surface area contributed by atoms with Gasteiger partial charge in [0.2, 0.25) is 0 Å². The molecule has 0 aliphatic rings. The lowest BCUT2D eigenvalue weighted by molar-refractivity contribution is 0.411. The highest BCUT2D eigenvalue weighted by Gasteiger charge is 2.04. The molecular formula is C19H40. The van der Waals surface area contributed by atoms with E-state index in [1.807, 2.05) is 0 Å². The van der Waals surface area contributed by atoms with E-state index in [4.69, 9.17) is 0 Å². The van der Waals surface area contributed by atoms with Crippen molar-refractivity contribution in [1.82, 2.24) is 0 Å². The molecule has 0 saturated carbocycles. The van der Waals surface area contributed by atoms with Crippen molar-refractivity contribution in [2.24, 2.45) is 11.8 Å². The highest BCUT2D eigenvalue weighted by Crippen LogP contribution is 2.20. The third-order valence-corrected chi connectivity index (χ3v) is 4.49. The minimum Gasteiger partial charge on any atom is -0.0654 e. The molecular weight excluding hydrogens is 228 g/mol. The first-order chi connectivity index (χ1) is 9.20. The van der Waals surface area contributed by atoms with Gasteiger partial charge in [0.05, 0.1) is 0 Å². The highest BCUT2D eigenvalue weighted by molar-refractivity contribution is 4.57. The molecule has 0 aromatic heterocycles. The molecule has 0 fully saturated rings. The third kappa shape index (κ3) is 14.2. The van der Waals surface area contributed by atoms with Gasteiger partial charge in [0.25, 0.3) is 0 Å². The second-order valence-electron chi connectivity index (χ2n) is 6.84. The average molecular weight is 269 g/mol. The number of hydrogen-bond donors (Lipinski definition) is 0. The van der Waals surface area contributed by atoms with E-state index >= 15 is 0 Å². The third-order valence-electron chi connectivity index (χ3n) is 4.49. The molecule has 116 valence electrons. The lowest BCUT2D eigenvalue weighted by Crippen LogP contribution is -1.97. The van der Waals surface area contributed by atoms with Crippen LogP contribution in [-0.2, 0) is 0 Å². The van der Waals surface area contributed by atoms with Gasteiger partial charge in [-0.2, -0.15) is 0 Å². The summed E-state index contributed by atoms with van der Waals surface area (Å²) in [6.07, 6.45) is 18.7. The molecule has 2 atom stereocenters. The molecule has 0 N–H and O–H groups in total. The van der Waals surface area contributed by atoms with Crippen LogP contribution in [0.4, 0.5) is 0 Å². The molecule has 19 heavy (non-hydrogen) atoms. The highest BCUT2D eigenvalue weighted by atomic mass is 14.1. The largest absolute Gasteiger partial charge is 0.0654 e. The second-order valence-corrected chi connectivity index (χ2v) is 6.84. The lowest BCUT2D eigenvalue weighted by atomic mass is 9.94. The molecule has 2 unspecified atom stereocenters. The maximum Gasteiger partial charge on any atom is -0.0443 e. The van der Waals surface area contributed by atoms with E-state index in [0.717, 1.165) is 11.8 Å². The summed E-state index contributed by atoms with van der Waals surface area (Å²) in [5, 5.41) is 0. The van der Waals surface area contributed by atoms with Crippen LogP contribution in [0, 0.1) is 11.8 Å². The van der Waals surface area contributed by atoms with Gasteiger partial charge in [-0.15, -0.1) is 0 Å². The van der Waals surface area contributed by atoms with Crippen molar-refractivity contribution in [3.63, 3.8) is 0 Å². The molecule has 0 heterocycles. The van der Waals surface area contributed by atoms with Crippen molar-refractivity contribution in [2.45, 2.75) is 111 Å². The maximum atomic E-state index is 2.45. The molecule has 0 radical (unpaired) electrons. The summed E-state index contributed by atoms with van der Waals surface area (Å²) in [6.45, 7) is 9.49. The smallest absolute Gasteiger partial charge is 0.0443 e. The second kappa shape index (κ2) is 14.4. The normalized spacial score (nSPS) is 14.5. The summed E-state index contributed by atoms with van der Waals surface area (Å²) in [6, 6.07) is 0. The fraction of sp³-hybridized carbons (Fsp3) is 1.00. The van der Waals surface area contributed by atoms with Crippen LogP contribution in [0.25, 0.3) is 0 Å². The summed E-state index contributed by atoms with van der Waals surface area (Å²) < 4.78 is 0. The lowest BCUT2D eigenvalue weighted by Gasteiger charge is -2.12. The first-order valence-electron chi connectivity index (χ1n) is 9.20. The Morgan fingerprint density at radius 2 is 0.789 bits per heavy atom. The van der Waals surface area contributed by atoms with Crippen LogP contribution in [0.2, 0.25) is 0 Å². The topological polar surface area (TPSA) is 0 Å². The van der Waals surface area contributed by atoms with Crippen LogP contribution in [0.5, 0.6) is 0 Å². The van der Waals surface area contributed by atoms with E-state index in [2.05, 4.69) is 27.7 Å². The Balaban J connectivity index is 3.24. The zero-order valence-corrected chi connectivity index (χ0v) is 14.3. The Bertz CT molecular complexity index is 143. The molecule has 0 aromatic carbocycles. The van der Waals surface area contributed by atoms with Gasteiger partial charge in [-0.25, -0.2) is 0 Å². The van der Waals surface area contributed by atoms with Gasteiger partial charge in [-0.05, 0) is 11.8 Å². The van der Waals surface area contributed by atoms with Crippen LogP contribution in [0.3, 0.4) is 0 Å². The predicted octanol–water partition coefficient (Wildman–Crippen LogP) is 7.37. The first kappa shape index (κ1) is 19.0. The van der Waals surface area contributed by atoms with Crippen LogP contribution in [0.1, 0.15) is 111 Å². The van der Waals surface area contributed by atoms with Gasteiger partial charge in [0, 0.05) is 0 Å². The molecule has 0 aliphatic carbocycles. The van der Waals surface area contributed by atoms with Crippen LogP contribution in [-0.4, -0.2) is 0 Å². The van der Waals surface area contributed by atoms with Crippen molar-refractivity contribution in [3.8, 4) is 0 Å². The molecule has 0 bridgehead atoms. The molecule has 0 aliphatic heterocycles. The van der Waals surface area contributed by atoms with Gasteiger partial charge in [0.1, 0.15) is 0 Å². The molecule has 0 spiro atoms. The summed E-state index contributed by atoms with van der Waals surface area (Å²) in [7, 11) is 0. The van der Waals surface area contributed by atoms with Crippen LogP contribution in [0.15, 0.2) is 0 Å². The van der Waals surface area contributed by atoms with E-state index in [0.29, 0.717) is 0 Å². The molecule has 0 rings (SSSR count). The fourth-order valence-corrected chi connectivity index (χ4v) is 2.94. The minimum absolute atomic E-state index is 0.966. The number of unbranched alkanes of at least 4 members (excludes halogenated alkanes) is 6. The molecule has 0 aromatic rings. The van der Waals surface area contributed by atoms with Gasteiger partial charge in [0.15, 0.2) is 0 Å². The minimum atomic E-state index is 0.966. The predicted molar refractivity (Wildman–Crippen MR) is 89.7 cm³/mol. The van der Waals surface area contributed by atoms with Crippen LogP contribution >= 0.6 is 0 Å². The Morgan fingerprint density at radius 1 is 0.474 bits per heavy atom. The van der Waals surface area contributed by atoms with Crippen molar-refractivity contribution in [3.05, 3.63) is 0 Å². The zero-order chi connectivity index (χ0) is 14.3. The summed E-state index contributed by atoms with van der Waals surface area (Å²) in [5.74, 6) is 1.93. The standard InChI is InChI=1S/C19H40/c1-5-7-10-14-18(3)16-12-9-13-17-19(4)15-11-8-6-2/h18-19H,5-17H2,1-4H3. The van der Waals surface area contributed by atoms with Crippen molar-refractivity contribution < 1.29 is 0 Å².